The van der Waals surface area contributed by atoms with Crippen LogP contribution in [0.4, 0.5) is 0 Å². The smallest absolute Gasteiger partial charge is 0.0605 e. The molecule has 1 unspecified atom stereocenters. The van der Waals surface area contributed by atoms with E-state index in [2.05, 4.69) is 19.1 Å². The standard InChI is InChI=1S/C10H19NO/c1-8(7-11)6-9-4-2-3-5-10(9)12/h2-3,8-10,12H,4-7,11H2,1H3/t8-,9-,10?/m0/s1. The van der Waals surface area contributed by atoms with Gasteiger partial charge in [-0.3, -0.25) is 0 Å². The molecular weight excluding hydrogens is 150 g/mol. The van der Waals surface area contributed by atoms with Crippen molar-refractivity contribution in [2.75, 3.05) is 6.54 Å². The van der Waals surface area contributed by atoms with Gasteiger partial charge in [0.2, 0.25) is 0 Å². The SMILES string of the molecule is C[C@H](CN)C[C@@H]1CC=CCC1O. The molecule has 1 aliphatic rings. The Labute approximate surface area is 74.5 Å². The van der Waals surface area contributed by atoms with Crippen molar-refractivity contribution in [2.45, 2.75) is 32.3 Å². The largest absolute Gasteiger partial charge is 0.393 e. The van der Waals surface area contributed by atoms with Crippen LogP contribution in [0.5, 0.6) is 0 Å². The molecule has 12 heavy (non-hydrogen) atoms. The first-order chi connectivity index (χ1) is 5.74. The Balaban J connectivity index is 2.35. The van der Waals surface area contributed by atoms with Gasteiger partial charge in [0, 0.05) is 0 Å². The maximum absolute atomic E-state index is 9.62. The molecule has 1 aliphatic carbocycles. The molecule has 2 heteroatoms. The number of nitrogens with two attached hydrogens (primary N) is 1. The molecule has 0 aromatic heterocycles. The Morgan fingerprint density at radius 3 is 2.75 bits per heavy atom. The highest BCUT2D eigenvalue weighted by atomic mass is 16.3. The second-order valence-corrected chi connectivity index (χ2v) is 3.85. The molecule has 0 aliphatic heterocycles. The molecule has 1 rings (SSSR count). The van der Waals surface area contributed by atoms with E-state index in [4.69, 9.17) is 5.73 Å². The average Bonchev–Trinajstić information content (AvgIpc) is 2.09. The van der Waals surface area contributed by atoms with Crippen LogP contribution in [0.15, 0.2) is 12.2 Å². The van der Waals surface area contributed by atoms with Gasteiger partial charge in [-0.15, -0.1) is 0 Å². The lowest BCUT2D eigenvalue weighted by Gasteiger charge is -2.26. The Kier molecular flexibility index (Phi) is 3.76. The zero-order chi connectivity index (χ0) is 8.97. The lowest BCUT2D eigenvalue weighted by molar-refractivity contribution is 0.0926. The topological polar surface area (TPSA) is 46.2 Å². The van der Waals surface area contributed by atoms with E-state index in [0.717, 1.165) is 25.8 Å². The van der Waals surface area contributed by atoms with E-state index in [1.807, 2.05) is 0 Å². The Hall–Kier alpha value is -0.340. The van der Waals surface area contributed by atoms with E-state index in [9.17, 15) is 5.11 Å². The summed E-state index contributed by atoms with van der Waals surface area (Å²) >= 11 is 0. The monoisotopic (exact) mass is 169 g/mol. The molecule has 2 nitrogen and oxygen atoms in total. The third kappa shape index (κ3) is 2.61. The Morgan fingerprint density at radius 1 is 1.50 bits per heavy atom. The van der Waals surface area contributed by atoms with Crippen LogP contribution in [0.25, 0.3) is 0 Å². The van der Waals surface area contributed by atoms with Crippen molar-refractivity contribution in [1.82, 2.24) is 0 Å². The molecule has 0 saturated carbocycles. The van der Waals surface area contributed by atoms with Gasteiger partial charge in [-0.2, -0.15) is 0 Å². The van der Waals surface area contributed by atoms with Crippen LogP contribution < -0.4 is 5.73 Å². The summed E-state index contributed by atoms with van der Waals surface area (Å²) in [4.78, 5) is 0. The van der Waals surface area contributed by atoms with Gasteiger partial charge in [0.25, 0.3) is 0 Å². The first-order valence-corrected chi connectivity index (χ1v) is 4.77. The molecule has 0 aromatic carbocycles. The summed E-state index contributed by atoms with van der Waals surface area (Å²) in [5.74, 6) is 0.977. The van der Waals surface area contributed by atoms with E-state index in [1.54, 1.807) is 0 Å². The van der Waals surface area contributed by atoms with Crippen LogP contribution in [0.1, 0.15) is 26.2 Å². The fraction of sp³-hybridized carbons (Fsp3) is 0.800. The highest BCUT2D eigenvalue weighted by Crippen LogP contribution is 2.25. The van der Waals surface area contributed by atoms with Crippen LogP contribution in [-0.2, 0) is 0 Å². The number of allylic oxidation sites excluding steroid dienone is 1. The molecule has 0 bridgehead atoms. The van der Waals surface area contributed by atoms with Crippen molar-refractivity contribution >= 4 is 0 Å². The second kappa shape index (κ2) is 4.63. The van der Waals surface area contributed by atoms with Crippen LogP contribution in [0.2, 0.25) is 0 Å². The van der Waals surface area contributed by atoms with Crippen molar-refractivity contribution in [3.8, 4) is 0 Å². The summed E-state index contributed by atoms with van der Waals surface area (Å²) in [6, 6.07) is 0. The van der Waals surface area contributed by atoms with Crippen molar-refractivity contribution in [3.63, 3.8) is 0 Å². The minimum atomic E-state index is -0.135. The summed E-state index contributed by atoms with van der Waals surface area (Å²) < 4.78 is 0. The zero-order valence-electron chi connectivity index (χ0n) is 7.74. The first-order valence-electron chi connectivity index (χ1n) is 4.77. The highest BCUT2D eigenvalue weighted by Gasteiger charge is 2.21. The third-order valence-electron chi connectivity index (χ3n) is 2.63. The molecule has 70 valence electrons. The molecule has 0 saturated heterocycles. The van der Waals surface area contributed by atoms with Gasteiger partial charge < -0.3 is 10.8 Å². The number of aliphatic hydroxyl groups is 1. The maximum Gasteiger partial charge on any atom is 0.0605 e. The minimum Gasteiger partial charge on any atom is -0.393 e. The first kappa shape index (κ1) is 9.75. The minimum absolute atomic E-state index is 0.135. The average molecular weight is 169 g/mol. The second-order valence-electron chi connectivity index (χ2n) is 3.85. The highest BCUT2D eigenvalue weighted by molar-refractivity contribution is 4.94. The van der Waals surface area contributed by atoms with E-state index < -0.39 is 0 Å². The van der Waals surface area contributed by atoms with Crippen molar-refractivity contribution in [3.05, 3.63) is 12.2 Å². The number of hydrogen-bond acceptors (Lipinski definition) is 2. The third-order valence-corrected chi connectivity index (χ3v) is 2.63. The lowest BCUT2D eigenvalue weighted by Crippen LogP contribution is -2.26. The summed E-state index contributed by atoms with van der Waals surface area (Å²) in [5, 5.41) is 9.62. The molecule has 0 amide bonds. The molecule has 3 N–H and O–H groups in total. The van der Waals surface area contributed by atoms with Gasteiger partial charge >= 0.3 is 0 Å². The van der Waals surface area contributed by atoms with E-state index in [1.165, 1.54) is 0 Å². The Morgan fingerprint density at radius 2 is 2.17 bits per heavy atom. The molecule has 0 aromatic rings. The summed E-state index contributed by atoms with van der Waals surface area (Å²) in [6.07, 6.45) is 6.99. The molecule has 0 fully saturated rings. The summed E-state index contributed by atoms with van der Waals surface area (Å²) in [7, 11) is 0. The van der Waals surface area contributed by atoms with Crippen molar-refractivity contribution in [2.24, 2.45) is 17.6 Å². The van der Waals surface area contributed by atoms with Gasteiger partial charge in [-0.05, 0) is 37.6 Å². The number of hydrogen-bond donors (Lipinski definition) is 2. The van der Waals surface area contributed by atoms with E-state index in [0.29, 0.717) is 11.8 Å². The van der Waals surface area contributed by atoms with E-state index in [-0.39, 0.29) is 6.10 Å². The quantitative estimate of drug-likeness (QED) is 0.625. The van der Waals surface area contributed by atoms with Crippen LogP contribution >= 0.6 is 0 Å². The number of rotatable bonds is 3. The summed E-state index contributed by atoms with van der Waals surface area (Å²) in [6.45, 7) is 2.87. The molecule has 0 heterocycles. The molecule has 0 spiro atoms. The van der Waals surface area contributed by atoms with Crippen molar-refractivity contribution < 1.29 is 5.11 Å². The van der Waals surface area contributed by atoms with E-state index >= 15 is 0 Å². The predicted octanol–water partition coefficient (Wildman–Crippen LogP) is 1.30. The molecule has 3 atom stereocenters. The lowest BCUT2D eigenvalue weighted by atomic mass is 9.84. The van der Waals surface area contributed by atoms with Crippen LogP contribution in [0.3, 0.4) is 0 Å². The van der Waals surface area contributed by atoms with Crippen LogP contribution in [0, 0.1) is 11.8 Å². The fourth-order valence-electron chi connectivity index (χ4n) is 1.72. The predicted molar refractivity (Wildman–Crippen MR) is 50.7 cm³/mol. The van der Waals surface area contributed by atoms with Gasteiger partial charge in [-0.1, -0.05) is 19.1 Å². The normalized spacial score (nSPS) is 31.9. The zero-order valence-corrected chi connectivity index (χ0v) is 7.74. The van der Waals surface area contributed by atoms with Gasteiger partial charge in [0.05, 0.1) is 6.10 Å². The van der Waals surface area contributed by atoms with Gasteiger partial charge in [0.1, 0.15) is 0 Å². The van der Waals surface area contributed by atoms with Crippen molar-refractivity contribution in [1.29, 1.82) is 0 Å². The van der Waals surface area contributed by atoms with Gasteiger partial charge in [0.15, 0.2) is 0 Å². The van der Waals surface area contributed by atoms with Crippen LogP contribution in [-0.4, -0.2) is 17.8 Å². The Bertz CT molecular complexity index is 156. The number of aliphatic hydroxyl groups excluding tert-OH is 1. The fourth-order valence-corrected chi connectivity index (χ4v) is 1.72. The van der Waals surface area contributed by atoms with Gasteiger partial charge in [-0.25, -0.2) is 0 Å². The molecule has 0 radical (unpaired) electrons. The maximum atomic E-state index is 9.62. The summed E-state index contributed by atoms with van der Waals surface area (Å²) in [5.41, 5.74) is 5.54. The molecular formula is C10H19NO.